The SMILES string of the molecule is O=C(N[C@H]1C[C@H]2CC[C@@H]1O2)c1cc(C2CC2)nc2ccccc12. The quantitative estimate of drug-likeness (QED) is 0.947. The van der Waals surface area contributed by atoms with E-state index >= 15 is 0 Å². The molecule has 4 heteroatoms. The van der Waals surface area contributed by atoms with Crippen molar-refractivity contribution < 1.29 is 9.53 Å². The number of nitrogens with zero attached hydrogens (tertiary/aromatic N) is 1. The Bertz CT molecular complexity index is 784. The van der Waals surface area contributed by atoms with Crippen molar-refractivity contribution in [2.45, 2.75) is 56.3 Å². The van der Waals surface area contributed by atoms with Gasteiger partial charge < -0.3 is 10.1 Å². The molecule has 2 saturated heterocycles. The van der Waals surface area contributed by atoms with Crippen molar-refractivity contribution in [2.75, 3.05) is 0 Å². The third-order valence-corrected chi connectivity index (χ3v) is 5.40. The van der Waals surface area contributed by atoms with Gasteiger partial charge in [-0.15, -0.1) is 0 Å². The number of carbonyl (C=O) groups is 1. The lowest BCUT2D eigenvalue weighted by Crippen LogP contribution is -2.41. The van der Waals surface area contributed by atoms with E-state index in [0.717, 1.165) is 41.4 Å². The van der Waals surface area contributed by atoms with Gasteiger partial charge in [0.05, 0.1) is 29.3 Å². The van der Waals surface area contributed by atoms with Crippen molar-refractivity contribution in [1.29, 1.82) is 0 Å². The van der Waals surface area contributed by atoms with Crippen molar-refractivity contribution in [3.05, 3.63) is 41.6 Å². The summed E-state index contributed by atoms with van der Waals surface area (Å²) in [6.07, 6.45) is 6.09. The molecule has 2 aliphatic heterocycles. The fourth-order valence-electron chi connectivity index (χ4n) is 4.01. The molecule has 2 bridgehead atoms. The molecule has 1 aliphatic carbocycles. The van der Waals surface area contributed by atoms with Gasteiger partial charge in [-0.1, -0.05) is 18.2 Å². The third kappa shape index (κ3) is 2.32. The summed E-state index contributed by atoms with van der Waals surface area (Å²) < 4.78 is 5.85. The number of amides is 1. The van der Waals surface area contributed by atoms with E-state index in [-0.39, 0.29) is 18.1 Å². The molecule has 1 amide bonds. The first-order valence-electron chi connectivity index (χ1n) is 8.64. The van der Waals surface area contributed by atoms with E-state index in [1.165, 1.54) is 12.8 Å². The second-order valence-corrected chi connectivity index (χ2v) is 7.08. The molecule has 1 aromatic heterocycles. The van der Waals surface area contributed by atoms with Crippen molar-refractivity contribution in [2.24, 2.45) is 0 Å². The summed E-state index contributed by atoms with van der Waals surface area (Å²) in [5.41, 5.74) is 2.75. The highest BCUT2D eigenvalue weighted by Crippen LogP contribution is 2.40. The van der Waals surface area contributed by atoms with Crippen LogP contribution in [0.3, 0.4) is 0 Å². The van der Waals surface area contributed by atoms with Gasteiger partial charge in [-0.3, -0.25) is 9.78 Å². The molecule has 3 fully saturated rings. The molecule has 0 unspecified atom stereocenters. The van der Waals surface area contributed by atoms with Crippen molar-refractivity contribution >= 4 is 16.8 Å². The Labute approximate surface area is 135 Å². The van der Waals surface area contributed by atoms with Crippen LogP contribution in [0.4, 0.5) is 0 Å². The highest BCUT2D eigenvalue weighted by atomic mass is 16.5. The van der Waals surface area contributed by atoms with Crippen molar-refractivity contribution in [3.63, 3.8) is 0 Å². The van der Waals surface area contributed by atoms with E-state index in [0.29, 0.717) is 12.0 Å². The Morgan fingerprint density at radius 3 is 2.78 bits per heavy atom. The van der Waals surface area contributed by atoms with Gasteiger partial charge in [0.1, 0.15) is 0 Å². The topological polar surface area (TPSA) is 51.2 Å². The summed E-state index contributed by atoms with van der Waals surface area (Å²) in [4.78, 5) is 17.6. The summed E-state index contributed by atoms with van der Waals surface area (Å²) >= 11 is 0. The number of aromatic nitrogens is 1. The number of para-hydroxylation sites is 1. The first kappa shape index (κ1) is 13.5. The minimum atomic E-state index is 0.0200. The smallest absolute Gasteiger partial charge is 0.252 e. The van der Waals surface area contributed by atoms with Gasteiger partial charge in [0.25, 0.3) is 5.91 Å². The van der Waals surface area contributed by atoms with Crippen LogP contribution in [0.25, 0.3) is 10.9 Å². The Kier molecular flexibility index (Phi) is 2.95. The Hall–Kier alpha value is -1.94. The predicted octanol–water partition coefficient (Wildman–Crippen LogP) is 3.16. The van der Waals surface area contributed by atoms with E-state index in [2.05, 4.69) is 5.32 Å². The number of fused-ring (bicyclic) bond motifs is 3. The predicted molar refractivity (Wildman–Crippen MR) is 87.5 cm³/mol. The van der Waals surface area contributed by atoms with Crippen LogP contribution in [-0.2, 0) is 4.74 Å². The van der Waals surface area contributed by atoms with E-state index < -0.39 is 0 Å². The second kappa shape index (κ2) is 5.03. The second-order valence-electron chi connectivity index (χ2n) is 7.08. The number of pyridine rings is 1. The number of hydrogen-bond acceptors (Lipinski definition) is 3. The zero-order valence-corrected chi connectivity index (χ0v) is 13.0. The highest BCUT2D eigenvalue weighted by Gasteiger charge is 2.41. The molecule has 1 N–H and O–H groups in total. The van der Waals surface area contributed by atoms with Gasteiger partial charge in [0, 0.05) is 17.0 Å². The minimum absolute atomic E-state index is 0.0200. The lowest BCUT2D eigenvalue weighted by molar-refractivity contribution is 0.0842. The summed E-state index contributed by atoms with van der Waals surface area (Å²) in [6, 6.07) is 10.1. The highest BCUT2D eigenvalue weighted by molar-refractivity contribution is 6.06. The van der Waals surface area contributed by atoms with Crippen LogP contribution in [-0.4, -0.2) is 29.1 Å². The molecule has 2 aromatic rings. The van der Waals surface area contributed by atoms with Gasteiger partial charge in [-0.05, 0) is 44.2 Å². The molecule has 1 aromatic carbocycles. The van der Waals surface area contributed by atoms with Crippen molar-refractivity contribution in [3.8, 4) is 0 Å². The van der Waals surface area contributed by atoms with E-state index in [9.17, 15) is 4.79 Å². The molecule has 3 aliphatic rings. The van der Waals surface area contributed by atoms with E-state index in [1.807, 2.05) is 30.3 Å². The number of hydrogen-bond donors (Lipinski definition) is 1. The maximum absolute atomic E-state index is 12.9. The molecular weight excluding hydrogens is 288 g/mol. The summed E-state index contributed by atoms with van der Waals surface area (Å²) in [5, 5.41) is 4.16. The Balaban J connectivity index is 1.49. The summed E-state index contributed by atoms with van der Waals surface area (Å²) in [7, 11) is 0. The van der Waals surface area contributed by atoms with Crippen LogP contribution in [0.1, 0.15) is 54.1 Å². The van der Waals surface area contributed by atoms with Crippen LogP contribution in [0, 0.1) is 0 Å². The molecule has 118 valence electrons. The largest absolute Gasteiger partial charge is 0.373 e. The molecular formula is C19H20N2O2. The zero-order valence-electron chi connectivity index (χ0n) is 13.0. The van der Waals surface area contributed by atoms with Gasteiger partial charge in [0.15, 0.2) is 0 Å². The number of benzene rings is 1. The normalized spacial score (nSPS) is 29.1. The average Bonchev–Trinajstić information content (AvgIpc) is 3.23. The minimum Gasteiger partial charge on any atom is -0.373 e. The number of rotatable bonds is 3. The summed E-state index contributed by atoms with van der Waals surface area (Å²) in [5.74, 6) is 0.559. The summed E-state index contributed by atoms with van der Waals surface area (Å²) in [6.45, 7) is 0. The van der Waals surface area contributed by atoms with E-state index in [4.69, 9.17) is 9.72 Å². The molecule has 4 nitrogen and oxygen atoms in total. The van der Waals surface area contributed by atoms with Crippen LogP contribution in [0.2, 0.25) is 0 Å². The lowest BCUT2D eigenvalue weighted by Gasteiger charge is -2.20. The zero-order chi connectivity index (χ0) is 15.4. The molecule has 3 heterocycles. The molecule has 5 rings (SSSR count). The molecule has 1 saturated carbocycles. The van der Waals surface area contributed by atoms with Crippen LogP contribution >= 0.6 is 0 Å². The number of carbonyl (C=O) groups excluding carboxylic acids is 1. The van der Waals surface area contributed by atoms with Gasteiger partial charge >= 0.3 is 0 Å². The van der Waals surface area contributed by atoms with Crippen LogP contribution in [0.5, 0.6) is 0 Å². The first-order valence-corrected chi connectivity index (χ1v) is 8.64. The maximum Gasteiger partial charge on any atom is 0.252 e. The molecule has 0 spiro atoms. The number of ether oxygens (including phenoxy) is 1. The first-order chi connectivity index (χ1) is 11.3. The number of nitrogens with one attached hydrogen (secondary N) is 1. The molecule has 3 atom stereocenters. The monoisotopic (exact) mass is 308 g/mol. The Morgan fingerprint density at radius 2 is 2.04 bits per heavy atom. The van der Waals surface area contributed by atoms with Crippen LogP contribution in [0.15, 0.2) is 30.3 Å². The fraction of sp³-hybridized carbons (Fsp3) is 0.474. The molecule has 23 heavy (non-hydrogen) atoms. The average molecular weight is 308 g/mol. The lowest BCUT2D eigenvalue weighted by atomic mass is 9.95. The Morgan fingerprint density at radius 1 is 1.17 bits per heavy atom. The van der Waals surface area contributed by atoms with E-state index in [1.54, 1.807) is 0 Å². The fourth-order valence-corrected chi connectivity index (χ4v) is 4.01. The maximum atomic E-state index is 12.9. The van der Waals surface area contributed by atoms with Gasteiger partial charge in [0.2, 0.25) is 0 Å². The van der Waals surface area contributed by atoms with Gasteiger partial charge in [-0.25, -0.2) is 0 Å². The third-order valence-electron chi connectivity index (χ3n) is 5.40. The van der Waals surface area contributed by atoms with Crippen LogP contribution < -0.4 is 5.32 Å². The standard InChI is InChI=1S/C19H20N2O2/c22-19(21-17-9-12-7-8-18(17)23-12)14-10-16(11-5-6-11)20-15-4-2-1-3-13(14)15/h1-4,10-12,17-18H,5-9H2,(H,21,22)/t12-,17+,18+/m1/s1. The van der Waals surface area contributed by atoms with Gasteiger partial charge in [-0.2, -0.15) is 0 Å². The molecule has 0 radical (unpaired) electrons. The van der Waals surface area contributed by atoms with Crippen molar-refractivity contribution in [1.82, 2.24) is 10.3 Å².